The minimum absolute atomic E-state index is 0.0515. The van der Waals surface area contributed by atoms with Crippen LogP contribution in [0.3, 0.4) is 0 Å². The van der Waals surface area contributed by atoms with Gasteiger partial charge in [0.1, 0.15) is 0 Å². The number of hydrogen-bond donors (Lipinski definition) is 1. The molecule has 2 heterocycles. The van der Waals surface area contributed by atoms with Crippen LogP contribution in [0.4, 0.5) is 0 Å². The molecule has 2 aliphatic rings. The maximum Gasteiger partial charge on any atom is 0.0991 e. The molecular formula is C13H22N4O. The van der Waals surface area contributed by atoms with Crippen molar-refractivity contribution < 1.29 is 4.74 Å². The van der Waals surface area contributed by atoms with E-state index < -0.39 is 0 Å². The fourth-order valence-electron chi connectivity index (χ4n) is 3.23. The average Bonchev–Trinajstić information content (AvgIpc) is 3.03. The zero-order valence-corrected chi connectivity index (χ0v) is 11.0. The summed E-state index contributed by atoms with van der Waals surface area (Å²) >= 11 is 0. The Hall–Kier alpha value is -0.940. The number of ether oxygens (including phenoxy) is 1. The van der Waals surface area contributed by atoms with Crippen LogP contribution in [0.2, 0.25) is 0 Å². The molecule has 100 valence electrons. The summed E-state index contributed by atoms with van der Waals surface area (Å²) in [5, 5.41) is 8.20. The first-order valence-corrected chi connectivity index (χ1v) is 7.00. The monoisotopic (exact) mass is 250 g/mol. The van der Waals surface area contributed by atoms with E-state index in [0.29, 0.717) is 6.10 Å². The lowest BCUT2D eigenvalue weighted by atomic mass is 9.98. The zero-order valence-electron chi connectivity index (χ0n) is 11.0. The van der Waals surface area contributed by atoms with Crippen LogP contribution in [0.1, 0.15) is 57.2 Å². The van der Waals surface area contributed by atoms with Crippen molar-refractivity contribution in [1.29, 1.82) is 0 Å². The molecule has 5 nitrogen and oxygen atoms in total. The Kier molecular flexibility index (Phi) is 3.11. The molecule has 0 amide bonds. The average molecular weight is 250 g/mol. The highest BCUT2D eigenvalue weighted by Crippen LogP contribution is 2.43. The summed E-state index contributed by atoms with van der Waals surface area (Å²) in [5.41, 5.74) is 6.84. The fraction of sp³-hybridized carbons (Fsp3) is 0.846. The molecule has 2 fully saturated rings. The summed E-state index contributed by atoms with van der Waals surface area (Å²) in [5.74, 6) is 0. The Morgan fingerprint density at radius 3 is 2.94 bits per heavy atom. The molecule has 1 aliphatic heterocycles. The molecule has 1 aromatic heterocycles. The maximum absolute atomic E-state index is 6.26. The molecule has 0 aromatic carbocycles. The second-order valence-corrected chi connectivity index (χ2v) is 5.82. The number of nitrogens with zero attached hydrogens (tertiary/aromatic N) is 3. The van der Waals surface area contributed by atoms with Gasteiger partial charge in [-0.3, -0.25) is 0 Å². The summed E-state index contributed by atoms with van der Waals surface area (Å²) in [6.45, 7) is 2.73. The van der Waals surface area contributed by atoms with E-state index in [1.54, 1.807) is 0 Å². The summed E-state index contributed by atoms with van der Waals surface area (Å²) in [7, 11) is 0. The lowest BCUT2D eigenvalue weighted by Gasteiger charge is -2.23. The molecule has 3 rings (SSSR count). The predicted molar refractivity (Wildman–Crippen MR) is 67.9 cm³/mol. The minimum atomic E-state index is -0.0515. The maximum atomic E-state index is 6.26. The van der Waals surface area contributed by atoms with Crippen LogP contribution in [0.15, 0.2) is 6.20 Å². The highest BCUT2D eigenvalue weighted by Gasteiger charge is 2.42. The van der Waals surface area contributed by atoms with Gasteiger partial charge in [-0.1, -0.05) is 18.1 Å². The van der Waals surface area contributed by atoms with Gasteiger partial charge in [0.05, 0.1) is 30.1 Å². The number of aromatic nitrogens is 3. The van der Waals surface area contributed by atoms with Gasteiger partial charge in [-0.15, -0.1) is 5.10 Å². The predicted octanol–water partition coefficient (Wildman–Crippen LogP) is 1.79. The van der Waals surface area contributed by atoms with Crippen LogP contribution in [0, 0.1) is 0 Å². The highest BCUT2D eigenvalue weighted by atomic mass is 16.5. The Morgan fingerprint density at radius 1 is 1.50 bits per heavy atom. The first kappa shape index (κ1) is 12.1. The molecule has 0 bridgehead atoms. The summed E-state index contributed by atoms with van der Waals surface area (Å²) in [6, 6.07) is -0.0515. The van der Waals surface area contributed by atoms with E-state index in [9.17, 15) is 0 Å². The van der Waals surface area contributed by atoms with E-state index in [2.05, 4.69) is 10.3 Å². The summed E-state index contributed by atoms with van der Waals surface area (Å²) in [6.07, 6.45) is 9.73. The minimum Gasteiger partial charge on any atom is -0.370 e. The smallest absolute Gasteiger partial charge is 0.0991 e. The molecule has 2 N–H and O–H groups in total. The van der Waals surface area contributed by atoms with Crippen molar-refractivity contribution in [3.8, 4) is 0 Å². The molecule has 2 atom stereocenters. The van der Waals surface area contributed by atoms with Gasteiger partial charge in [0.25, 0.3) is 0 Å². The SMILES string of the molecule is CC(N)c1cn(CC2CCC3(CCCC3)O2)nn1. The standard InChI is InChI=1S/C13H22N4O/c1-10(14)12-9-17(16-15-12)8-11-4-7-13(18-11)5-2-3-6-13/h9-11H,2-8,14H2,1H3. The lowest BCUT2D eigenvalue weighted by molar-refractivity contribution is -0.0430. The van der Waals surface area contributed by atoms with Crippen molar-refractivity contribution in [1.82, 2.24) is 15.0 Å². The third kappa shape index (κ3) is 2.29. The molecule has 1 saturated heterocycles. The van der Waals surface area contributed by atoms with E-state index in [1.807, 2.05) is 17.8 Å². The molecular weight excluding hydrogens is 228 g/mol. The normalized spacial score (nSPS) is 28.0. The van der Waals surface area contributed by atoms with Crippen LogP contribution in [-0.4, -0.2) is 26.7 Å². The number of nitrogens with two attached hydrogens (primary N) is 1. The molecule has 18 heavy (non-hydrogen) atoms. The molecule has 2 unspecified atom stereocenters. The largest absolute Gasteiger partial charge is 0.370 e. The van der Waals surface area contributed by atoms with Crippen molar-refractivity contribution in [3.05, 3.63) is 11.9 Å². The van der Waals surface area contributed by atoms with Crippen LogP contribution in [0.5, 0.6) is 0 Å². The van der Waals surface area contributed by atoms with Crippen LogP contribution in [-0.2, 0) is 11.3 Å². The molecule has 0 radical (unpaired) electrons. The van der Waals surface area contributed by atoms with Crippen LogP contribution in [0.25, 0.3) is 0 Å². The van der Waals surface area contributed by atoms with E-state index in [4.69, 9.17) is 10.5 Å². The van der Waals surface area contributed by atoms with Gasteiger partial charge in [-0.2, -0.15) is 0 Å². The van der Waals surface area contributed by atoms with Crippen molar-refractivity contribution >= 4 is 0 Å². The second kappa shape index (κ2) is 4.63. The molecule has 5 heteroatoms. The van der Waals surface area contributed by atoms with Gasteiger partial charge >= 0.3 is 0 Å². The summed E-state index contributed by atoms with van der Waals surface area (Å²) < 4.78 is 8.14. The van der Waals surface area contributed by atoms with Crippen molar-refractivity contribution in [3.63, 3.8) is 0 Å². The van der Waals surface area contributed by atoms with Crippen LogP contribution >= 0.6 is 0 Å². The Labute approximate surface area is 108 Å². The van der Waals surface area contributed by atoms with Gasteiger partial charge in [0, 0.05) is 6.04 Å². The fourth-order valence-corrected chi connectivity index (χ4v) is 3.23. The molecule has 1 spiro atoms. The Balaban J connectivity index is 1.60. The van der Waals surface area contributed by atoms with Gasteiger partial charge in [-0.25, -0.2) is 4.68 Å². The van der Waals surface area contributed by atoms with E-state index >= 15 is 0 Å². The van der Waals surface area contributed by atoms with E-state index in [0.717, 1.165) is 18.7 Å². The molecule has 1 aromatic rings. The number of hydrogen-bond acceptors (Lipinski definition) is 4. The lowest BCUT2D eigenvalue weighted by Crippen LogP contribution is -2.26. The first-order chi connectivity index (χ1) is 8.67. The van der Waals surface area contributed by atoms with Gasteiger partial charge in [0.15, 0.2) is 0 Å². The van der Waals surface area contributed by atoms with E-state index in [-0.39, 0.29) is 11.6 Å². The zero-order chi connectivity index (χ0) is 12.6. The molecule has 1 aliphatic carbocycles. The van der Waals surface area contributed by atoms with Gasteiger partial charge < -0.3 is 10.5 Å². The summed E-state index contributed by atoms with van der Waals surface area (Å²) in [4.78, 5) is 0. The van der Waals surface area contributed by atoms with Crippen molar-refractivity contribution in [2.45, 2.75) is 69.7 Å². The first-order valence-electron chi connectivity index (χ1n) is 7.00. The van der Waals surface area contributed by atoms with E-state index in [1.165, 1.54) is 32.1 Å². The van der Waals surface area contributed by atoms with Crippen molar-refractivity contribution in [2.24, 2.45) is 5.73 Å². The topological polar surface area (TPSA) is 66.0 Å². The molecule has 1 saturated carbocycles. The van der Waals surface area contributed by atoms with Gasteiger partial charge in [-0.05, 0) is 32.6 Å². The quantitative estimate of drug-likeness (QED) is 0.888. The second-order valence-electron chi connectivity index (χ2n) is 5.82. The third-order valence-electron chi connectivity index (χ3n) is 4.27. The Morgan fingerprint density at radius 2 is 2.28 bits per heavy atom. The van der Waals surface area contributed by atoms with Gasteiger partial charge in [0.2, 0.25) is 0 Å². The van der Waals surface area contributed by atoms with Crippen LogP contribution < -0.4 is 5.73 Å². The Bertz CT molecular complexity index is 409. The third-order valence-corrected chi connectivity index (χ3v) is 4.27. The number of rotatable bonds is 3. The highest BCUT2D eigenvalue weighted by molar-refractivity contribution is 4.98. The van der Waals surface area contributed by atoms with Crippen molar-refractivity contribution in [2.75, 3.05) is 0 Å².